The summed E-state index contributed by atoms with van der Waals surface area (Å²) in [5, 5.41) is 24.9. The first-order valence-electron chi connectivity index (χ1n) is 7.64. The number of aliphatic hydroxyl groups is 2. The zero-order valence-corrected chi connectivity index (χ0v) is 13.0. The Morgan fingerprint density at radius 3 is 2.61 bits per heavy atom. The maximum absolute atomic E-state index is 10.2. The topological polar surface area (TPSA) is 40.5 Å². The molecule has 0 saturated carbocycles. The molecule has 0 amide bonds. The van der Waals surface area contributed by atoms with Crippen LogP contribution in [0.5, 0.6) is 0 Å². The Morgan fingerprint density at radius 1 is 0.826 bits per heavy atom. The molecule has 112 valence electrons. The van der Waals surface area contributed by atoms with Crippen molar-refractivity contribution in [2.45, 2.75) is 12.2 Å². The van der Waals surface area contributed by atoms with Crippen LogP contribution in [-0.2, 0) is 0 Å². The van der Waals surface area contributed by atoms with E-state index in [0.29, 0.717) is 0 Å². The zero-order valence-electron chi connectivity index (χ0n) is 12.2. The van der Waals surface area contributed by atoms with Crippen LogP contribution in [0, 0.1) is 0 Å². The van der Waals surface area contributed by atoms with Gasteiger partial charge in [0.05, 0.1) is 0 Å². The van der Waals surface area contributed by atoms with Crippen LogP contribution in [-0.4, -0.2) is 16.3 Å². The van der Waals surface area contributed by atoms with E-state index in [1.54, 1.807) is 17.4 Å². The van der Waals surface area contributed by atoms with Gasteiger partial charge in [0.15, 0.2) is 0 Å². The van der Waals surface area contributed by atoms with Gasteiger partial charge in [-0.25, -0.2) is 0 Å². The summed E-state index contributed by atoms with van der Waals surface area (Å²) in [4.78, 5) is 0. The number of hydrogen-bond acceptors (Lipinski definition) is 3. The zero-order chi connectivity index (χ0) is 15.6. The number of hydrogen-bond donors (Lipinski definition) is 2. The highest BCUT2D eigenvalue weighted by Gasteiger charge is 2.23. The fourth-order valence-electron chi connectivity index (χ4n) is 3.51. The molecule has 5 rings (SSSR count). The lowest BCUT2D eigenvalue weighted by Gasteiger charge is -2.23. The second kappa shape index (κ2) is 4.65. The van der Waals surface area contributed by atoms with Crippen LogP contribution in [0.15, 0.2) is 54.6 Å². The third-order valence-electron chi connectivity index (χ3n) is 4.69. The number of rotatable bonds is 0. The first kappa shape index (κ1) is 13.3. The number of fused-ring (bicyclic) bond motifs is 6. The summed E-state index contributed by atoms with van der Waals surface area (Å²) in [5.74, 6) is 0. The molecule has 0 saturated heterocycles. The van der Waals surface area contributed by atoms with E-state index in [0.717, 1.165) is 21.9 Å². The summed E-state index contributed by atoms with van der Waals surface area (Å²) in [7, 11) is 0. The molecular weight excluding hydrogens is 304 g/mol. The molecule has 0 spiro atoms. The van der Waals surface area contributed by atoms with E-state index in [4.69, 9.17) is 0 Å². The number of thiophene rings is 1. The molecular formula is C20H14O2S. The van der Waals surface area contributed by atoms with Gasteiger partial charge in [-0.05, 0) is 40.1 Å². The van der Waals surface area contributed by atoms with E-state index in [1.165, 1.54) is 20.2 Å². The summed E-state index contributed by atoms with van der Waals surface area (Å²) in [6, 6.07) is 16.9. The quantitative estimate of drug-likeness (QED) is 0.496. The molecule has 0 unspecified atom stereocenters. The van der Waals surface area contributed by atoms with Crippen molar-refractivity contribution < 1.29 is 10.2 Å². The summed E-state index contributed by atoms with van der Waals surface area (Å²) in [6.07, 6.45) is 1.92. The third-order valence-corrected chi connectivity index (χ3v) is 5.83. The summed E-state index contributed by atoms with van der Waals surface area (Å²) in [5.41, 5.74) is 1.81. The molecule has 0 bridgehead atoms. The van der Waals surface area contributed by atoms with Crippen LogP contribution in [0.2, 0.25) is 0 Å². The fourth-order valence-corrected chi connectivity index (χ4v) is 4.64. The Hall–Kier alpha value is -2.20. The highest BCUT2D eigenvalue weighted by Crippen LogP contribution is 2.39. The van der Waals surface area contributed by atoms with E-state index in [2.05, 4.69) is 36.4 Å². The van der Waals surface area contributed by atoms with Crippen molar-refractivity contribution in [2.24, 2.45) is 0 Å². The van der Waals surface area contributed by atoms with Crippen LogP contribution in [0.25, 0.3) is 37.0 Å². The average Bonchev–Trinajstić information content (AvgIpc) is 2.93. The van der Waals surface area contributed by atoms with Crippen molar-refractivity contribution in [3.63, 3.8) is 0 Å². The monoisotopic (exact) mass is 318 g/mol. The third kappa shape index (κ3) is 1.81. The first-order valence-corrected chi connectivity index (χ1v) is 8.46. The van der Waals surface area contributed by atoms with Gasteiger partial charge >= 0.3 is 0 Å². The molecule has 2 nitrogen and oxygen atoms in total. The van der Waals surface area contributed by atoms with Gasteiger partial charge in [0, 0.05) is 20.2 Å². The van der Waals surface area contributed by atoms with Crippen LogP contribution >= 0.6 is 11.3 Å². The van der Waals surface area contributed by atoms with E-state index < -0.39 is 12.2 Å². The molecule has 0 radical (unpaired) electrons. The lowest BCUT2D eigenvalue weighted by atomic mass is 9.88. The second-order valence-corrected chi connectivity index (χ2v) is 7.11. The van der Waals surface area contributed by atoms with Crippen molar-refractivity contribution in [3.05, 3.63) is 65.7 Å². The van der Waals surface area contributed by atoms with Gasteiger partial charge < -0.3 is 10.2 Å². The predicted octanol–water partition coefficient (Wildman–Crippen LogP) is 4.63. The minimum atomic E-state index is -0.850. The van der Waals surface area contributed by atoms with Crippen LogP contribution in [0.3, 0.4) is 0 Å². The van der Waals surface area contributed by atoms with Crippen LogP contribution in [0.1, 0.15) is 17.2 Å². The van der Waals surface area contributed by atoms with Crippen LogP contribution in [0.4, 0.5) is 0 Å². The molecule has 1 aromatic heterocycles. The van der Waals surface area contributed by atoms with Crippen molar-refractivity contribution in [2.75, 3.05) is 0 Å². The van der Waals surface area contributed by atoms with Gasteiger partial charge in [0.25, 0.3) is 0 Å². The minimum absolute atomic E-state index is 0.799. The Labute approximate surface area is 136 Å². The summed E-state index contributed by atoms with van der Waals surface area (Å²) >= 11 is 1.79. The van der Waals surface area contributed by atoms with Crippen molar-refractivity contribution >= 4 is 48.4 Å². The molecule has 23 heavy (non-hydrogen) atoms. The predicted molar refractivity (Wildman–Crippen MR) is 96.8 cm³/mol. The van der Waals surface area contributed by atoms with Crippen molar-refractivity contribution in [1.29, 1.82) is 0 Å². The first-order chi connectivity index (χ1) is 11.2. The normalized spacial score (nSPS) is 20.4. The highest BCUT2D eigenvalue weighted by molar-refractivity contribution is 7.25. The highest BCUT2D eigenvalue weighted by atomic mass is 32.1. The van der Waals surface area contributed by atoms with Crippen LogP contribution < -0.4 is 0 Å². The molecule has 1 aliphatic carbocycles. The van der Waals surface area contributed by atoms with Crippen molar-refractivity contribution in [3.8, 4) is 0 Å². The standard InChI is InChI=1S/C20H14O2S/c21-17-8-7-12-14(20(17)22)6-5-11-9-16-13-3-1-2-4-18(13)23-19(16)10-15(11)12/h1-10,17,20-22H/t17-,20-/m0/s1. The maximum Gasteiger partial charge on any atom is 0.109 e. The SMILES string of the molecule is O[C@H]1C=Cc2c(ccc3cc4c(cc23)sc2ccccc24)[C@@H]1O. The molecule has 1 heterocycles. The van der Waals surface area contributed by atoms with Gasteiger partial charge in [0.1, 0.15) is 12.2 Å². The lowest BCUT2D eigenvalue weighted by Crippen LogP contribution is -2.19. The molecule has 2 atom stereocenters. The number of aliphatic hydroxyl groups excluding tert-OH is 2. The molecule has 0 fully saturated rings. The van der Waals surface area contributed by atoms with Gasteiger partial charge in [-0.3, -0.25) is 0 Å². The Morgan fingerprint density at radius 2 is 1.70 bits per heavy atom. The largest absolute Gasteiger partial charge is 0.386 e. The minimum Gasteiger partial charge on any atom is -0.386 e. The molecule has 0 aliphatic heterocycles. The van der Waals surface area contributed by atoms with Gasteiger partial charge in [-0.15, -0.1) is 11.3 Å². The lowest BCUT2D eigenvalue weighted by molar-refractivity contribution is 0.0471. The summed E-state index contributed by atoms with van der Waals surface area (Å²) in [6.45, 7) is 0. The second-order valence-electron chi connectivity index (χ2n) is 6.03. The average molecular weight is 318 g/mol. The molecule has 4 aromatic rings. The Bertz CT molecular complexity index is 1110. The van der Waals surface area contributed by atoms with Gasteiger partial charge in [-0.1, -0.05) is 42.5 Å². The van der Waals surface area contributed by atoms with E-state index in [1.807, 2.05) is 18.2 Å². The number of benzene rings is 3. The molecule has 3 aromatic carbocycles. The molecule has 3 heteroatoms. The molecule has 2 N–H and O–H groups in total. The van der Waals surface area contributed by atoms with E-state index in [-0.39, 0.29) is 0 Å². The fraction of sp³-hybridized carbons (Fsp3) is 0.100. The van der Waals surface area contributed by atoms with E-state index >= 15 is 0 Å². The Kier molecular flexibility index (Phi) is 2.68. The summed E-state index contributed by atoms with van der Waals surface area (Å²) < 4.78 is 2.54. The molecule has 1 aliphatic rings. The smallest absolute Gasteiger partial charge is 0.109 e. The van der Waals surface area contributed by atoms with Crippen molar-refractivity contribution in [1.82, 2.24) is 0 Å². The van der Waals surface area contributed by atoms with Gasteiger partial charge in [0.2, 0.25) is 0 Å². The van der Waals surface area contributed by atoms with E-state index in [9.17, 15) is 10.2 Å². The maximum atomic E-state index is 10.2. The van der Waals surface area contributed by atoms with Gasteiger partial charge in [-0.2, -0.15) is 0 Å². The Balaban J connectivity index is 1.90.